The summed E-state index contributed by atoms with van der Waals surface area (Å²) in [6.45, 7) is 0. The fourth-order valence-corrected chi connectivity index (χ4v) is 1.45. The Bertz CT molecular complexity index is 652. The third-order valence-corrected chi connectivity index (χ3v) is 2.31. The van der Waals surface area contributed by atoms with Crippen molar-refractivity contribution in [3.8, 4) is 11.6 Å². The first-order valence-corrected chi connectivity index (χ1v) is 5.28. The predicted molar refractivity (Wildman–Crippen MR) is 62.3 cm³/mol. The molecule has 0 bridgehead atoms. The molecule has 19 heavy (non-hydrogen) atoms. The van der Waals surface area contributed by atoms with Crippen LogP contribution in [0.4, 0.5) is 14.5 Å². The van der Waals surface area contributed by atoms with Crippen LogP contribution in [-0.2, 0) is 0 Å². The minimum absolute atomic E-state index is 0.0541. The molecule has 0 fully saturated rings. The first kappa shape index (κ1) is 13.2. The Kier molecular flexibility index (Phi) is 3.57. The van der Waals surface area contributed by atoms with Gasteiger partial charge in [0.1, 0.15) is 5.82 Å². The zero-order chi connectivity index (χ0) is 14.0. The molecule has 98 valence electrons. The van der Waals surface area contributed by atoms with Crippen molar-refractivity contribution in [2.24, 2.45) is 0 Å². The lowest BCUT2D eigenvalue weighted by Gasteiger charge is -2.06. The van der Waals surface area contributed by atoms with Gasteiger partial charge < -0.3 is 4.74 Å². The highest BCUT2D eigenvalue weighted by atomic mass is 35.5. The Labute approximate surface area is 110 Å². The van der Waals surface area contributed by atoms with Crippen LogP contribution in [0, 0.1) is 21.7 Å². The maximum atomic E-state index is 13.4. The van der Waals surface area contributed by atoms with Gasteiger partial charge in [0.25, 0.3) is 5.88 Å². The molecule has 0 amide bonds. The number of nitro benzene ring substituents is 1. The Morgan fingerprint density at radius 1 is 1.32 bits per heavy atom. The van der Waals surface area contributed by atoms with Crippen LogP contribution < -0.4 is 4.74 Å². The molecular weight excluding hydrogens is 282 g/mol. The van der Waals surface area contributed by atoms with Gasteiger partial charge in [0.15, 0.2) is 5.82 Å². The number of nitro groups is 1. The van der Waals surface area contributed by atoms with Crippen molar-refractivity contribution in [1.29, 1.82) is 0 Å². The van der Waals surface area contributed by atoms with Crippen molar-refractivity contribution in [2.75, 3.05) is 0 Å². The molecule has 0 aliphatic rings. The van der Waals surface area contributed by atoms with E-state index in [1.807, 2.05) is 0 Å². The number of aromatic nitrogens is 1. The first-order chi connectivity index (χ1) is 8.97. The molecule has 0 saturated heterocycles. The van der Waals surface area contributed by atoms with Crippen LogP contribution in [0.2, 0.25) is 5.02 Å². The molecule has 0 aliphatic carbocycles. The van der Waals surface area contributed by atoms with Crippen LogP contribution in [0.15, 0.2) is 30.5 Å². The van der Waals surface area contributed by atoms with Crippen molar-refractivity contribution in [3.63, 3.8) is 0 Å². The molecule has 0 atom stereocenters. The second-order valence-corrected chi connectivity index (χ2v) is 3.85. The van der Waals surface area contributed by atoms with Crippen molar-refractivity contribution >= 4 is 17.3 Å². The number of benzene rings is 1. The number of nitrogens with zero attached hydrogens (tertiary/aromatic N) is 2. The molecule has 1 aromatic carbocycles. The van der Waals surface area contributed by atoms with Crippen LogP contribution >= 0.6 is 11.6 Å². The van der Waals surface area contributed by atoms with E-state index in [9.17, 15) is 18.9 Å². The summed E-state index contributed by atoms with van der Waals surface area (Å²) in [6, 6.07) is 3.59. The van der Waals surface area contributed by atoms with Gasteiger partial charge in [0.2, 0.25) is 5.75 Å². The van der Waals surface area contributed by atoms with E-state index in [4.69, 9.17) is 16.3 Å². The number of rotatable bonds is 3. The monoisotopic (exact) mass is 286 g/mol. The van der Waals surface area contributed by atoms with Gasteiger partial charge in [-0.2, -0.15) is 0 Å². The van der Waals surface area contributed by atoms with Crippen LogP contribution in [-0.4, -0.2) is 9.91 Å². The quantitative estimate of drug-likeness (QED) is 0.637. The first-order valence-electron chi connectivity index (χ1n) is 4.90. The Morgan fingerprint density at radius 3 is 2.68 bits per heavy atom. The maximum absolute atomic E-state index is 13.4. The summed E-state index contributed by atoms with van der Waals surface area (Å²) in [5.74, 6) is -2.49. The Hall–Kier alpha value is -2.28. The summed E-state index contributed by atoms with van der Waals surface area (Å²) >= 11 is 5.51. The number of pyridine rings is 1. The standard InChI is InChI=1S/C11H5ClF2N2O3/c12-6-3-8(14)11(15-5-6)19-10-2-1-7(13)4-9(10)16(17)18/h1-5H. The van der Waals surface area contributed by atoms with E-state index in [1.54, 1.807) is 0 Å². The molecule has 0 spiro atoms. The average molecular weight is 287 g/mol. The van der Waals surface area contributed by atoms with Crippen LogP contribution in [0.25, 0.3) is 0 Å². The van der Waals surface area contributed by atoms with Crippen molar-refractivity contribution in [1.82, 2.24) is 4.98 Å². The zero-order valence-electron chi connectivity index (χ0n) is 9.14. The van der Waals surface area contributed by atoms with Crippen molar-refractivity contribution < 1.29 is 18.4 Å². The molecule has 0 unspecified atom stereocenters. The minimum Gasteiger partial charge on any atom is -0.429 e. The molecule has 1 aromatic heterocycles. The van der Waals surface area contributed by atoms with Crippen LogP contribution in [0.5, 0.6) is 11.6 Å². The van der Waals surface area contributed by atoms with Gasteiger partial charge in [0, 0.05) is 6.20 Å². The van der Waals surface area contributed by atoms with Crippen molar-refractivity contribution in [3.05, 3.63) is 57.2 Å². The molecular formula is C11H5ClF2N2O3. The van der Waals surface area contributed by atoms with Gasteiger partial charge in [-0.3, -0.25) is 10.1 Å². The van der Waals surface area contributed by atoms with Gasteiger partial charge in [-0.1, -0.05) is 11.6 Å². The second kappa shape index (κ2) is 5.15. The molecule has 5 nitrogen and oxygen atoms in total. The van der Waals surface area contributed by atoms with Gasteiger partial charge >= 0.3 is 5.69 Å². The van der Waals surface area contributed by atoms with E-state index in [0.717, 1.165) is 24.4 Å². The molecule has 0 N–H and O–H groups in total. The largest absolute Gasteiger partial charge is 0.429 e. The molecule has 2 rings (SSSR count). The van der Waals surface area contributed by atoms with E-state index in [2.05, 4.69) is 4.98 Å². The van der Waals surface area contributed by atoms with Gasteiger partial charge in [-0.05, 0) is 18.2 Å². The molecule has 0 radical (unpaired) electrons. The zero-order valence-corrected chi connectivity index (χ0v) is 9.90. The molecule has 1 heterocycles. The third-order valence-electron chi connectivity index (χ3n) is 2.10. The molecule has 2 aromatic rings. The summed E-state index contributed by atoms with van der Waals surface area (Å²) in [7, 11) is 0. The fourth-order valence-electron chi connectivity index (χ4n) is 1.30. The van der Waals surface area contributed by atoms with Gasteiger partial charge in [-0.25, -0.2) is 13.8 Å². The lowest BCUT2D eigenvalue weighted by molar-refractivity contribution is -0.385. The van der Waals surface area contributed by atoms with Crippen molar-refractivity contribution in [2.45, 2.75) is 0 Å². The summed E-state index contributed by atoms with van der Waals surface area (Å²) < 4.78 is 31.3. The Morgan fingerprint density at radius 2 is 2.05 bits per heavy atom. The summed E-state index contributed by atoms with van der Waals surface area (Å²) in [6.07, 6.45) is 1.12. The van der Waals surface area contributed by atoms with Crippen LogP contribution in [0.3, 0.4) is 0 Å². The Balaban J connectivity index is 2.40. The second-order valence-electron chi connectivity index (χ2n) is 3.41. The van der Waals surface area contributed by atoms with E-state index in [0.29, 0.717) is 6.07 Å². The minimum atomic E-state index is -0.883. The number of hydrogen-bond donors (Lipinski definition) is 0. The highest BCUT2D eigenvalue weighted by Gasteiger charge is 2.19. The lowest BCUT2D eigenvalue weighted by atomic mass is 10.3. The van der Waals surface area contributed by atoms with Gasteiger partial charge in [-0.15, -0.1) is 0 Å². The maximum Gasteiger partial charge on any atom is 0.314 e. The summed E-state index contributed by atoms with van der Waals surface area (Å²) in [5, 5.41) is 10.8. The van der Waals surface area contributed by atoms with E-state index < -0.39 is 28.1 Å². The summed E-state index contributed by atoms with van der Waals surface area (Å²) in [5.41, 5.74) is -0.629. The normalized spacial score (nSPS) is 10.3. The molecule has 8 heteroatoms. The highest BCUT2D eigenvalue weighted by Crippen LogP contribution is 2.32. The third kappa shape index (κ3) is 2.94. The predicted octanol–water partition coefficient (Wildman–Crippen LogP) is 3.71. The molecule has 0 aliphatic heterocycles. The number of hydrogen-bond acceptors (Lipinski definition) is 4. The molecule has 0 saturated carbocycles. The SMILES string of the molecule is O=[N+]([O-])c1cc(F)ccc1Oc1ncc(Cl)cc1F. The lowest BCUT2D eigenvalue weighted by Crippen LogP contribution is -1.97. The number of ether oxygens (including phenoxy) is 1. The smallest absolute Gasteiger partial charge is 0.314 e. The average Bonchev–Trinajstić information content (AvgIpc) is 2.34. The van der Waals surface area contributed by atoms with E-state index in [-0.39, 0.29) is 10.8 Å². The van der Waals surface area contributed by atoms with E-state index >= 15 is 0 Å². The topological polar surface area (TPSA) is 65.3 Å². The number of halogens is 3. The highest BCUT2D eigenvalue weighted by molar-refractivity contribution is 6.30. The van der Waals surface area contributed by atoms with Crippen LogP contribution in [0.1, 0.15) is 0 Å². The van der Waals surface area contributed by atoms with E-state index in [1.165, 1.54) is 0 Å². The van der Waals surface area contributed by atoms with Gasteiger partial charge in [0.05, 0.1) is 16.0 Å². The summed E-state index contributed by atoms with van der Waals surface area (Å²) in [4.78, 5) is 13.4. The fraction of sp³-hybridized carbons (Fsp3) is 0.